The van der Waals surface area contributed by atoms with Gasteiger partial charge in [0.1, 0.15) is 0 Å². The summed E-state index contributed by atoms with van der Waals surface area (Å²) in [6.07, 6.45) is 0. The van der Waals surface area contributed by atoms with E-state index in [2.05, 4.69) is 25.7 Å². The van der Waals surface area contributed by atoms with Crippen molar-refractivity contribution in [3.63, 3.8) is 0 Å². The van der Waals surface area contributed by atoms with Gasteiger partial charge in [0.25, 0.3) is 7.82 Å². The Bertz CT molecular complexity index is 190. The van der Waals surface area contributed by atoms with Crippen LogP contribution in [0.5, 0.6) is 0 Å². The van der Waals surface area contributed by atoms with E-state index in [1.807, 2.05) is 0 Å². The Morgan fingerprint density at radius 1 is 1.17 bits per heavy atom. The van der Waals surface area contributed by atoms with E-state index in [1.165, 1.54) is 26.6 Å². The Labute approximate surface area is 132 Å². The molecule has 0 heterocycles. The van der Waals surface area contributed by atoms with E-state index >= 15 is 0 Å². The van der Waals surface area contributed by atoms with Gasteiger partial charge >= 0.3 is 29.6 Å². The molecule has 0 amide bonds. The predicted molar refractivity (Wildman–Crippen MR) is 64.9 cm³/mol. The minimum absolute atomic E-state index is 0. The summed E-state index contributed by atoms with van der Waals surface area (Å²) < 4.78 is 8.77. The van der Waals surface area contributed by atoms with Gasteiger partial charge in [-0.05, 0) is 19.6 Å². The first-order valence-electron chi connectivity index (χ1n) is 5.01. The Hall–Kier alpha value is 0.520. The van der Waals surface area contributed by atoms with Gasteiger partial charge in [-0.1, -0.05) is 20.8 Å². The van der Waals surface area contributed by atoms with E-state index in [1.54, 1.807) is 6.07 Å². The zero-order chi connectivity index (χ0) is 14.9. The molecule has 0 rings (SSSR count). The molecular weight excluding hydrogens is 270 g/mol. The fourth-order valence-electron chi connectivity index (χ4n) is 0.671. The predicted octanol–water partition coefficient (Wildman–Crippen LogP) is -3.07. The van der Waals surface area contributed by atoms with Gasteiger partial charge in [-0.15, -0.1) is 0 Å². The standard InChI is InChI=1S/C6H15N.C2H3N.CH4O.Na.H3O4P/c1-4-7(5-2)6-3;1-2-3;1-2;;1-5(2,3)4/h4-6H2,1-3H3;1H3;2H,1H3;;(H3,1,2,3,4)/q;;;+1;/p-1. The van der Waals surface area contributed by atoms with Crippen molar-refractivity contribution < 1.29 is 53.9 Å². The fourth-order valence-corrected chi connectivity index (χ4v) is 0.671. The largest absolute Gasteiger partial charge is 1.00 e. The molecule has 3 N–H and O–H groups in total. The normalized spacial score (nSPS) is 8.06. The van der Waals surface area contributed by atoms with Gasteiger partial charge in [-0.2, -0.15) is 5.26 Å². The number of phosphoric acid groups is 1. The van der Waals surface area contributed by atoms with Crippen molar-refractivity contribution in [2.75, 3.05) is 26.7 Å². The number of nitriles is 1. The summed E-state index contributed by atoms with van der Waals surface area (Å²) in [4.78, 5) is 25.3. The topological polar surface area (TPSA) is 128 Å². The van der Waals surface area contributed by atoms with Crippen molar-refractivity contribution in [2.45, 2.75) is 27.7 Å². The number of hydrogen-bond donors (Lipinski definition) is 3. The average Bonchev–Trinajstić information content (AvgIpc) is 2.22. The van der Waals surface area contributed by atoms with E-state index in [4.69, 9.17) is 29.6 Å². The van der Waals surface area contributed by atoms with Crippen LogP contribution in [-0.4, -0.2) is 46.5 Å². The van der Waals surface area contributed by atoms with Crippen LogP contribution in [0.1, 0.15) is 27.7 Å². The molecule has 0 aliphatic heterocycles. The molecule has 0 unspecified atom stereocenters. The van der Waals surface area contributed by atoms with E-state index in [0.717, 1.165) is 7.11 Å². The molecule has 0 spiro atoms. The Kier molecular flexibility index (Phi) is 45.2. The molecule has 0 radical (unpaired) electrons. The van der Waals surface area contributed by atoms with Crippen LogP contribution in [-0.2, 0) is 4.57 Å². The summed E-state index contributed by atoms with van der Waals surface area (Å²) in [5.41, 5.74) is 0. The van der Waals surface area contributed by atoms with Crippen LogP contribution in [0.4, 0.5) is 0 Å². The van der Waals surface area contributed by atoms with Crippen molar-refractivity contribution in [1.29, 1.82) is 5.26 Å². The molecule has 9 heteroatoms. The first kappa shape index (κ1) is 31.1. The van der Waals surface area contributed by atoms with Gasteiger partial charge < -0.3 is 24.7 Å². The molecule has 0 bridgehead atoms. The van der Waals surface area contributed by atoms with Gasteiger partial charge in [-0.3, -0.25) is 4.57 Å². The summed E-state index contributed by atoms with van der Waals surface area (Å²) in [5, 5.41) is 14.3. The summed E-state index contributed by atoms with van der Waals surface area (Å²) in [6, 6.07) is 1.75. The van der Waals surface area contributed by atoms with E-state index in [0.29, 0.717) is 0 Å². The van der Waals surface area contributed by atoms with Gasteiger partial charge in [-0.25, -0.2) is 0 Å². The number of aliphatic hydroxyl groups excluding tert-OH is 1. The molecule has 0 aromatic heterocycles. The fraction of sp³-hybridized carbons (Fsp3) is 0.889. The monoisotopic (exact) mass is 294 g/mol. The molecule has 0 atom stereocenters. The Morgan fingerprint density at radius 3 is 1.28 bits per heavy atom. The Balaban J connectivity index is -0.0000000455. The summed E-state index contributed by atoms with van der Waals surface area (Å²) in [7, 11) is -3.89. The molecular formula is C9H24N2NaO5P. The van der Waals surface area contributed by atoms with E-state index in [9.17, 15) is 0 Å². The van der Waals surface area contributed by atoms with Crippen LogP contribution in [0, 0.1) is 11.3 Å². The van der Waals surface area contributed by atoms with Crippen molar-refractivity contribution in [3.8, 4) is 6.07 Å². The number of nitrogens with zero attached hydrogens (tertiary/aromatic N) is 2. The van der Waals surface area contributed by atoms with Gasteiger partial charge in [0.05, 0.1) is 6.07 Å². The molecule has 18 heavy (non-hydrogen) atoms. The smallest absolute Gasteiger partial charge is 0.756 e. The quantitative estimate of drug-likeness (QED) is 0.372. The zero-order valence-corrected chi connectivity index (χ0v) is 15.0. The minimum atomic E-state index is -4.89. The van der Waals surface area contributed by atoms with E-state index in [-0.39, 0.29) is 29.6 Å². The number of aliphatic hydroxyl groups is 1. The van der Waals surface area contributed by atoms with Crippen molar-refractivity contribution >= 4 is 7.82 Å². The third kappa shape index (κ3) is 93.6. The van der Waals surface area contributed by atoms with Crippen LogP contribution in [0.15, 0.2) is 0 Å². The zero-order valence-electron chi connectivity index (χ0n) is 12.1. The number of hydrogen-bond acceptors (Lipinski definition) is 5. The SMILES string of the molecule is CC#N.CCN(CC)CC.CO.O=P([O-])(O)O.[Na+]. The third-order valence-electron chi connectivity index (χ3n) is 1.34. The van der Waals surface area contributed by atoms with Crippen LogP contribution in [0.2, 0.25) is 0 Å². The summed E-state index contributed by atoms with van der Waals surface area (Å²) >= 11 is 0. The van der Waals surface area contributed by atoms with Crippen molar-refractivity contribution in [3.05, 3.63) is 0 Å². The maximum atomic E-state index is 8.77. The average molecular weight is 294 g/mol. The van der Waals surface area contributed by atoms with Gasteiger partial charge in [0, 0.05) is 14.0 Å². The van der Waals surface area contributed by atoms with Crippen LogP contribution in [0.25, 0.3) is 0 Å². The number of rotatable bonds is 3. The summed E-state index contributed by atoms with van der Waals surface area (Å²) in [5.74, 6) is 0. The molecule has 0 aliphatic rings. The Morgan fingerprint density at radius 2 is 1.28 bits per heavy atom. The van der Waals surface area contributed by atoms with Gasteiger partial charge in [0.15, 0.2) is 0 Å². The first-order chi connectivity index (χ1) is 7.76. The molecule has 0 fully saturated rings. The van der Waals surface area contributed by atoms with Crippen molar-refractivity contribution in [2.24, 2.45) is 0 Å². The second-order valence-electron chi connectivity index (χ2n) is 2.33. The van der Waals surface area contributed by atoms with Crippen LogP contribution in [0.3, 0.4) is 0 Å². The molecule has 0 saturated heterocycles. The maximum Gasteiger partial charge on any atom is 1.00 e. The molecule has 0 saturated carbocycles. The summed E-state index contributed by atoms with van der Waals surface area (Å²) in [6.45, 7) is 11.6. The minimum Gasteiger partial charge on any atom is -0.756 e. The maximum absolute atomic E-state index is 8.77. The first-order valence-corrected chi connectivity index (χ1v) is 6.54. The molecule has 106 valence electrons. The van der Waals surface area contributed by atoms with Gasteiger partial charge in [0.2, 0.25) is 0 Å². The van der Waals surface area contributed by atoms with Crippen molar-refractivity contribution in [1.82, 2.24) is 4.90 Å². The molecule has 0 aromatic rings. The van der Waals surface area contributed by atoms with Crippen LogP contribution >= 0.6 is 7.82 Å². The van der Waals surface area contributed by atoms with E-state index < -0.39 is 7.82 Å². The molecule has 7 nitrogen and oxygen atoms in total. The third-order valence-corrected chi connectivity index (χ3v) is 1.34. The second kappa shape index (κ2) is 26.2. The van der Waals surface area contributed by atoms with Crippen LogP contribution < -0.4 is 34.5 Å². The molecule has 0 aromatic carbocycles. The second-order valence-corrected chi connectivity index (χ2v) is 3.31. The molecule has 0 aliphatic carbocycles.